The van der Waals surface area contributed by atoms with E-state index >= 15 is 0 Å². The lowest BCUT2D eigenvalue weighted by atomic mass is 10.1. The van der Waals surface area contributed by atoms with Crippen LogP contribution >= 0.6 is 23.2 Å². The quantitative estimate of drug-likeness (QED) is 0.605. The van der Waals surface area contributed by atoms with Gasteiger partial charge in [-0.15, -0.1) is 0 Å². The number of phenolic OH excluding ortho intramolecular Hbond substituents is 2. The molecular formula is C17H16Cl2O9. The first-order valence-electron chi connectivity index (χ1n) is 7.24. The van der Waals surface area contributed by atoms with Gasteiger partial charge in [-0.2, -0.15) is 0 Å². The molecule has 0 aromatic heterocycles. The Morgan fingerprint density at radius 2 is 1.64 bits per heavy atom. The molecular weight excluding hydrogens is 419 g/mol. The maximum Gasteiger partial charge on any atom is 0.345 e. The number of phenols is 2. The van der Waals surface area contributed by atoms with Crippen LogP contribution in [0.2, 0.25) is 10.0 Å². The summed E-state index contributed by atoms with van der Waals surface area (Å²) in [5.74, 6) is -4.36. The lowest BCUT2D eigenvalue weighted by molar-refractivity contribution is 0.0594. The fraction of sp³-hybridized carbons (Fsp3) is 0.176. The first-order chi connectivity index (χ1) is 12.6. The number of rotatable bonds is 5. The fourth-order valence-electron chi connectivity index (χ4n) is 2.26. The third-order valence-electron chi connectivity index (χ3n) is 3.61. The Balaban J connectivity index is 0.00000392. The largest absolute Gasteiger partial charge is 0.508 e. The van der Waals surface area contributed by atoms with E-state index in [0.717, 1.165) is 19.2 Å². The summed E-state index contributed by atoms with van der Waals surface area (Å²) in [4.78, 5) is 23.7. The third kappa shape index (κ3) is 4.01. The highest BCUT2D eigenvalue weighted by molar-refractivity contribution is 6.38. The van der Waals surface area contributed by atoms with E-state index in [1.165, 1.54) is 14.0 Å². The molecule has 0 aliphatic heterocycles. The number of methoxy groups -OCH3 is 2. The van der Waals surface area contributed by atoms with Gasteiger partial charge < -0.3 is 35.0 Å². The van der Waals surface area contributed by atoms with Crippen molar-refractivity contribution in [2.24, 2.45) is 0 Å². The summed E-state index contributed by atoms with van der Waals surface area (Å²) >= 11 is 12.2. The SMILES string of the molecule is COC(=O)c1c(O)c(Cl)c(C)c(Cl)c1Oc1c(OC)cc(O)cc1C(=O)O.O. The monoisotopic (exact) mass is 434 g/mol. The van der Waals surface area contributed by atoms with Crippen LogP contribution in [0.1, 0.15) is 26.3 Å². The van der Waals surface area contributed by atoms with E-state index in [1.807, 2.05) is 0 Å². The number of ether oxygens (including phenoxy) is 3. The van der Waals surface area contributed by atoms with E-state index in [4.69, 9.17) is 32.7 Å². The second-order valence-corrected chi connectivity index (χ2v) is 5.99. The van der Waals surface area contributed by atoms with Crippen molar-refractivity contribution in [3.05, 3.63) is 38.9 Å². The van der Waals surface area contributed by atoms with Gasteiger partial charge in [0.25, 0.3) is 0 Å². The molecule has 0 unspecified atom stereocenters. The molecule has 0 saturated carbocycles. The number of benzene rings is 2. The molecule has 0 radical (unpaired) electrons. The zero-order valence-electron chi connectivity index (χ0n) is 14.8. The van der Waals surface area contributed by atoms with Gasteiger partial charge in [0.15, 0.2) is 23.0 Å². The summed E-state index contributed by atoms with van der Waals surface area (Å²) in [7, 11) is 2.29. The number of aromatic hydroxyl groups is 2. The van der Waals surface area contributed by atoms with Crippen molar-refractivity contribution < 1.29 is 44.6 Å². The lowest BCUT2D eigenvalue weighted by Crippen LogP contribution is -2.08. The highest BCUT2D eigenvalue weighted by Crippen LogP contribution is 2.48. The molecule has 0 saturated heterocycles. The number of hydrogen-bond acceptors (Lipinski definition) is 7. The minimum absolute atomic E-state index is 0. The van der Waals surface area contributed by atoms with Crippen molar-refractivity contribution in [2.45, 2.75) is 6.92 Å². The molecule has 0 amide bonds. The highest BCUT2D eigenvalue weighted by Gasteiger charge is 2.29. The summed E-state index contributed by atoms with van der Waals surface area (Å²) in [6, 6.07) is 2.03. The number of carboxylic acid groups (broad SMARTS) is 1. The van der Waals surface area contributed by atoms with Crippen LogP contribution in [0.5, 0.6) is 28.7 Å². The van der Waals surface area contributed by atoms with Crippen LogP contribution in [0.15, 0.2) is 12.1 Å². The molecule has 2 rings (SSSR count). The van der Waals surface area contributed by atoms with E-state index in [-0.39, 0.29) is 44.1 Å². The van der Waals surface area contributed by atoms with E-state index in [9.17, 15) is 24.9 Å². The molecule has 2 aromatic rings. The van der Waals surface area contributed by atoms with Crippen molar-refractivity contribution in [1.29, 1.82) is 0 Å². The number of carbonyl (C=O) groups excluding carboxylic acids is 1. The second kappa shape index (κ2) is 8.87. The second-order valence-electron chi connectivity index (χ2n) is 5.23. The molecule has 0 bridgehead atoms. The van der Waals surface area contributed by atoms with Gasteiger partial charge >= 0.3 is 11.9 Å². The predicted octanol–water partition coefficient (Wildman–Crippen LogP) is 3.17. The van der Waals surface area contributed by atoms with Gasteiger partial charge in [0.05, 0.1) is 24.3 Å². The Kier molecular flexibility index (Phi) is 7.34. The Morgan fingerprint density at radius 1 is 1.04 bits per heavy atom. The van der Waals surface area contributed by atoms with Crippen molar-refractivity contribution in [2.75, 3.05) is 14.2 Å². The first kappa shape index (κ1) is 23.2. The van der Waals surface area contributed by atoms with Gasteiger partial charge in [0.2, 0.25) is 0 Å². The molecule has 9 nitrogen and oxygen atoms in total. The van der Waals surface area contributed by atoms with Crippen LogP contribution in [0.25, 0.3) is 0 Å². The molecule has 0 fully saturated rings. The normalized spacial score (nSPS) is 10.0. The third-order valence-corrected chi connectivity index (χ3v) is 4.53. The number of carboxylic acids is 1. The van der Waals surface area contributed by atoms with Crippen LogP contribution in [-0.4, -0.2) is 47.0 Å². The zero-order chi connectivity index (χ0) is 20.5. The molecule has 0 aliphatic carbocycles. The summed E-state index contributed by atoms with van der Waals surface area (Å²) < 4.78 is 15.2. The minimum atomic E-state index is -1.44. The molecule has 0 spiro atoms. The number of carbonyl (C=O) groups is 2. The van der Waals surface area contributed by atoms with Crippen LogP contribution in [0, 0.1) is 6.92 Å². The Hall–Kier alpha value is -2.88. The molecule has 11 heteroatoms. The topological polar surface area (TPSA) is 154 Å². The standard InChI is InChI=1S/C17H14Cl2O8.H2O/c1-6-11(18)13(21)10(17(24)26-3)15(12(6)19)27-14-8(16(22)23)4-7(20)5-9(14)25-2;/h4-5,20-21H,1-3H3,(H,22,23);1H2. The van der Waals surface area contributed by atoms with E-state index < -0.39 is 28.8 Å². The lowest BCUT2D eigenvalue weighted by Gasteiger charge is -2.19. The summed E-state index contributed by atoms with van der Waals surface area (Å²) in [5.41, 5.74) is -0.775. The van der Waals surface area contributed by atoms with Crippen LogP contribution < -0.4 is 9.47 Å². The molecule has 152 valence electrons. The van der Waals surface area contributed by atoms with Crippen molar-refractivity contribution in [3.8, 4) is 28.7 Å². The first-order valence-corrected chi connectivity index (χ1v) is 8.00. The molecule has 5 N–H and O–H groups in total. The van der Waals surface area contributed by atoms with Gasteiger partial charge in [-0.1, -0.05) is 23.2 Å². The molecule has 0 atom stereocenters. The highest BCUT2D eigenvalue weighted by atomic mass is 35.5. The van der Waals surface area contributed by atoms with Gasteiger partial charge in [0, 0.05) is 6.07 Å². The molecule has 0 aliphatic rings. The zero-order valence-corrected chi connectivity index (χ0v) is 16.3. The summed E-state index contributed by atoms with van der Waals surface area (Å²) in [5, 5.41) is 29.0. The van der Waals surface area contributed by atoms with Gasteiger partial charge in [-0.3, -0.25) is 0 Å². The number of halogens is 2. The fourth-order valence-corrected chi connectivity index (χ4v) is 2.73. The van der Waals surface area contributed by atoms with E-state index in [0.29, 0.717) is 0 Å². The Labute approximate surface area is 168 Å². The van der Waals surface area contributed by atoms with Gasteiger partial charge in [-0.25, -0.2) is 9.59 Å². The van der Waals surface area contributed by atoms with Crippen molar-refractivity contribution in [3.63, 3.8) is 0 Å². The maximum absolute atomic E-state index is 12.1. The summed E-state index contributed by atoms with van der Waals surface area (Å²) in [6.45, 7) is 1.46. The van der Waals surface area contributed by atoms with Gasteiger partial charge in [-0.05, 0) is 18.6 Å². The Morgan fingerprint density at radius 3 is 2.14 bits per heavy atom. The predicted molar refractivity (Wildman–Crippen MR) is 99.5 cm³/mol. The van der Waals surface area contributed by atoms with Crippen molar-refractivity contribution >= 4 is 35.1 Å². The van der Waals surface area contributed by atoms with E-state index in [1.54, 1.807) is 0 Å². The minimum Gasteiger partial charge on any atom is -0.508 e. The van der Waals surface area contributed by atoms with Crippen LogP contribution in [-0.2, 0) is 4.74 Å². The number of hydrogen-bond donors (Lipinski definition) is 3. The van der Waals surface area contributed by atoms with Gasteiger partial charge in [0.1, 0.15) is 16.9 Å². The average molecular weight is 435 g/mol. The molecule has 28 heavy (non-hydrogen) atoms. The van der Waals surface area contributed by atoms with Crippen molar-refractivity contribution in [1.82, 2.24) is 0 Å². The Bertz CT molecular complexity index is 941. The summed E-state index contributed by atoms with van der Waals surface area (Å²) in [6.07, 6.45) is 0. The maximum atomic E-state index is 12.1. The van der Waals surface area contributed by atoms with E-state index in [2.05, 4.69) is 4.74 Å². The molecule has 2 aromatic carbocycles. The van der Waals surface area contributed by atoms with Crippen LogP contribution in [0.4, 0.5) is 0 Å². The average Bonchev–Trinajstić information content (AvgIpc) is 2.64. The molecule has 0 heterocycles. The smallest absolute Gasteiger partial charge is 0.345 e. The van der Waals surface area contributed by atoms with Crippen LogP contribution in [0.3, 0.4) is 0 Å². The number of aromatic carboxylic acids is 1. The number of esters is 1.